The highest BCUT2D eigenvalue weighted by Crippen LogP contribution is 2.27. The average molecular weight is 277 g/mol. The lowest BCUT2D eigenvalue weighted by atomic mass is 10.2. The van der Waals surface area contributed by atoms with Crippen LogP contribution < -0.4 is 4.72 Å². The van der Waals surface area contributed by atoms with Crippen LogP contribution in [0.1, 0.15) is 29.1 Å². The Hall–Kier alpha value is -0.920. The van der Waals surface area contributed by atoms with Gasteiger partial charge in [0.1, 0.15) is 9.09 Å². The van der Waals surface area contributed by atoms with Gasteiger partial charge in [-0.05, 0) is 32.0 Å². The molecule has 7 heteroatoms. The number of esters is 1. The number of nitrogens with one attached hydrogen (secondary N) is 1. The van der Waals surface area contributed by atoms with Gasteiger partial charge in [0.25, 0.3) is 0 Å². The van der Waals surface area contributed by atoms with Crippen LogP contribution in [0.3, 0.4) is 0 Å². The second kappa shape index (κ2) is 5.61. The SMILES string of the molecule is CCOC(=O)c1sc(S(=O)(=O)NC)cc1CC. The molecule has 0 spiro atoms. The van der Waals surface area contributed by atoms with Gasteiger partial charge in [-0.1, -0.05) is 6.92 Å². The number of carbonyl (C=O) groups excluding carboxylic acids is 1. The van der Waals surface area contributed by atoms with Crippen LogP contribution in [-0.2, 0) is 21.2 Å². The van der Waals surface area contributed by atoms with Crippen molar-refractivity contribution in [3.8, 4) is 0 Å². The van der Waals surface area contributed by atoms with Crippen molar-refractivity contribution in [3.05, 3.63) is 16.5 Å². The van der Waals surface area contributed by atoms with E-state index in [1.807, 2.05) is 6.92 Å². The lowest BCUT2D eigenvalue weighted by molar-refractivity contribution is 0.0531. The predicted octanol–water partition coefficient (Wildman–Crippen LogP) is 1.40. The van der Waals surface area contributed by atoms with Crippen molar-refractivity contribution in [2.45, 2.75) is 24.5 Å². The molecule has 1 aromatic rings. The first kappa shape index (κ1) is 14.1. The van der Waals surface area contributed by atoms with Gasteiger partial charge in [0.05, 0.1) is 6.61 Å². The molecule has 1 rings (SSSR count). The van der Waals surface area contributed by atoms with Crippen molar-refractivity contribution in [1.29, 1.82) is 0 Å². The van der Waals surface area contributed by atoms with Gasteiger partial charge in [0.15, 0.2) is 0 Å². The summed E-state index contributed by atoms with van der Waals surface area (Å²) in [7, 11) is -2.16. The topological polar surface area (TPSA) is 72.5 Å². The van der Waals surface area contributed by atoms with Crippen LogP contribution in [0.2, 0.25) is 0 Å². The Bertz CT molecular complexity index is 504. The normalized spacial score (nSPS) is 11.5. The third kappa shape index (κ3) is 3.05. The van der Waals surface area contributed by atoms with Gasteiger partial charge < -0.3 is 4.74 Å². The summed E-state index contributed by atoms with van der Waals surface area (Å²) in [5, 5.41) is 0. The molecular formula is C10H15NO4S2. The van der Waals surface area contributed by atoms with E-state index in [-0.39, 0.29) is 10.8 Å². The monoisotopic (exact) mass is 277 g/mol. The largest absolute Gasteiger partial charge is 0.462 e. The van der Waals surface area contributed by atoms with Crippen molar-refractivity contribution in [3.63, 3.8) is 0 Å². The molecule has 96 valence electrons. The van der Waals surface area contributed by atoms with Crippen LogP contribution in [0, 0.1) is 0 Å². The molecule has 0 fully saturated rings. The molecule has 0 radical (unpaired) electrons. The van der Waals surface area contributed by atoms with Crippen LogP contribution in [0.15, 0.2) is 10.3 Å². The number of rotatable bonds is 5. The Balaban J connectivity index is 3.20. The van der Waals surface area contributed by atoms with Crippen molar-refractivity contribution in [2.75, 3.05) is 13.7 Å². The third-order valence-corrected chi connectivity index (χ3v) is 5.21. The van der Waals surface area contributed by atoms with E-state index in [2.05, 4.69) is 4.72 Å². The summed E-state index contributed by atoms with van der Waals surface area (Å²) in [6.07, 6.45) is 0.587. The van der Waals surface area contributed by atoms with E-state index >= 15 is 0 Å². The molecule has 0 unspecified atom stereocenters. The summed E-state index contributed by atoms with van der Waals surface area (Å²) in [6.45, 7) is 3.84. The molecule has 17 heavy (non-hydrogen) atoms. The molecule has 0 saturated carbocycles. The van der Waals surface area contributed by atoms with Crippen LogP contribution in [0.5, 0.6) is 0 Å². The lowest BCUT2D eigenvalue weighted by Crippen LogP contribution is -2.17. The van der Waals surface area contributed by atoms with E-state index in [1.165, 1.54) is 13.1 Å². The fourth-order valence-corrected chi connectivity index (χ4v) is 3.58. The van der Waals surface area contributed by atoms with Gasteiger partial charge in [0, 0.05) is 0 Å². The summed E-state index contributed by atoms with van der Waals surface area (Å²) in [5.41, 5.74) is 0.697. The van der Waals surface area contributed by atoms with Gasteiger partial charge in [-0.15, -0.1) is 11.3 Å². The molecule has 0 atom stereocenters. The number of carbonyl (C=O) groups is 1. The minimum Gasteiger partial charge on any atom is -0.462 e. The molecule has 0 aliphatic heterocycles. The Morgan fingerprint density at radius 3 is 2.59 bits per heavy atom. The zero-order chi connectivity index (χ0) is 13.1. The summed E-state index contributed by atoms with van der Waals surface area (Å²) in [6, 6.07) is 1.52. The quantitative estimate of drug-likeness (QED) is 0.826. The Labute approximate surface area is 105 Å². The fourth-order valence-electron chi connectivity index (χ4n) is 1.27. The Morgan fingerprint density at radius 1 is 1.47 bits per heavy atom. The Morgan fingerprint density at radius 2 is 2.12 bits per heavy atom. The van der Waals surface area contributed by atoms with Crippen molar-refractivity contribution in [1.82, 2.24) is 4.72 Å². The molecule has 0 amide bonds. The first-order valence-electron chi connectivity index (χ1n) is 5.19. The third-order valence-electron chi connectivity index (χ3n) is 2.16. The number of aryl methyl sites for hydroxylation is 1. The average Bonchev–Trinajstić information content (AvgIpc) is 2.74. The molecule has 1 N–H and O–H groups in total. The highest BCUT2D eigenvalue weighted by atomic mass is 32.2. The van der Waals surface area contributed by atoms with Crippen molar-refractivity contribution < 1.29 is 17.9 Å². The standard InChI is InChI=1S/C10H15NO4S2/c1-4-7-6-8(17(13,14)11-3)16-9(7)10(12)15-5-2/h6,11H,4-5H2,1-3H3. The zero-order valence-electron chi connectivity index (χ0n) is 9.94. The molecule has 0 saturated heterocycles. The van der Waals surface area contributed by atoms with Crippen molar-refractivity contribution in [2.24, 2.45) is 0 Å². The van der Waals surface area contributed by atoms with E-state index in [4.69, 9.17) is 4.74 Å². The second-order valence-corrected chi connectivity index (χ2v) is 6.37. The lowest BCUT2D eigenvalue weighted by Gasteiger charge is -2.00. The number of thiophene rings is 1. The minimum atomic E-state index is -3.50. The molecule has 1 aromatic heterocycles. The second-order valence-electron chi connectivity index (χ2n) is 3.20. The predicted molar refractivity (Wildman–Crippen MR) is 65.9 cm³/mol. The molecule has 5 nitrogen and oxygen atoms in total. The minimum absolute atomic E-state index is 0.139. The van der Waals surface area contributed by atoms with Crippen LogP contribution >= 0.6 is 11.3 Å². The van der Waals surface area contributed by atoms with Crippen LogP contribution in [0.4, 0.5) is 0 Å². The summed E-state index contributed by atoms with van der Waals surface area (Å²) in [5.74, 6) is -0.466. The highest BCUT2D eigenvalue weighted by molar-refractivity contribution is 7.91. The van der Waals surface area contributed by atoms with E-state index in [1.54, 1.807) is 6.92 Å². The maximum absolute atomic E-state index is 11.6. The first-order valence-corrected chi connectivity index (χ1v) is 7.49. The van der Waals surface area contributed by atoms with Gasteiger partial charge in [-0.3, -0.25) is 0 Å². The van der Waals surface area contributed by atoms with Gasteiger partial charge >= 0.3 is 5.97 Å². The summed E-state index contributed by atoms with van der Waals surface area (Å²) < 4.78 is 30.5. The maximum Gasteiger partial charge on any atom is 0.348 e. The number of ether oxygens (including phenoxy) is 1. The highest BCUT2D eigenvalue weighted by Gasteiger charge is 2.22. The molecule has 0 aromatic carbocycles. The van der Waals surface area contributed by atoms with E-state index in [0.29, 0.717) is 16.9 Å². The fraction of sp³-hybridized carbons (Fsp3) is 0.500. The number of hydrogen-bond donors (Lipinski definition) is 1. The van der Waals surface area contributed by atoms with Crippen molar-refractivity contribution >= 4 is 27.3 Å². The number of hydrogen-bond acceptors (Lipinski definition) is 5. The zero-order valence-corrected chi connectivity index (χ0v) is 11.6. The van der Waals surface area contributed by atoms with Gasteiger partial charge in [-0.25, -0.2) is 17.9 Å². The first-order chi connectivity index (χ1) is 7.96. The molecule has 0 aliphatic rings. The molecular weight excluding hydrogens is 262 g/mol. The van der Waals surface area contributed by atoms with Gasteiger partial charge in [0.2, 0.25) is 10.0 Å². The molecule has 1 heterocycles. The van der Waals surface area contributed by atoms with E-state index in [9.17, 15) is 13.2 Å². The van der Waals surface area contributed by atoms with Gasteiger partial charge in [-0.2, -0.15) is 0 Å². The molecule has 0 aliphatic carbocycles. The van der Waals surface area contributed by atoms with E-state index in [0.717, 1.165) is 11.3 Å². The maximum atomic E-state index is 11.6. The van der Waals surface area contributed by atoms with E-state index < -0.39 is 16.0 Å². The summed E-state index contributed by atoms with van der Waals surface area (Å²) in [4.78, 5) is 12.0. The molecule has 0 bridgehead atoms. The van der Waals surface area contributed by atoms with Crippen LogP contribution in [-0.4, -0.2) is 28.0 Å². The number of sulfonamides is 1. The smallest absolute Gasteiger partial charge is 0.348 e. The summed E-state index contributed by atoms with van der Waals surface area (Å²) >= 11 is 0.939. The van der Waals surface area contributed by atoms with Crippen LogP contribution in [0.25, 0.3) is 0 Å². The Kier molecular flexibility index (Phi) is 4.67.